The van der Waals surface area contributed by atoms with Crippen LogP contribution in [-0.4, -0.2) is 84.7 Å². The van der Waals surface area contributed by atoms with Gasteiger partial charge in [-0.1, -0.05) is 37.1 Å². The van der Waals surface area contributed by atoms with Gasteiger partial charge >= 0.3 is 12.1 Å². The molecular weight excluding hydrogens is 642 g/mol. The van der Waals surface area contributed by atoms with E-state index in [1.54, 1.807) is 45.3 Å². The Kier molecular flexibility index (Phi) is 9.89. The predicted octanol–water partition coefficient (Wildman–Crippen LogP) is 4.49. The molecule has 1 aromatic carbocycles. The lowest BCUT2D eigenvalue weighted by Crippen LogP contribution is -2.56. The zero-order valence-corrected chi connectivity index (χ0v) is 28.4. The highest BCUT2D eigenvalue weighted by molar-refractivity contribution is 5.96. The second-order valence-corrected chi connectivity index (χ2v) is 14.1. The van der Waals surface area contributed by atoms with Crippen LogP contribution in [-0.2, 0) is 19.1 Å². The van der Waals surface area contributed by atoms with Crippen molar-refractivity contribution in [2.24, 2.45) is 5.92 Å². The van der Waals surface area contributed by atoms with Crippen molar-refractivity contribution in [2.45, 2.75) is 95.0 Å². The third-order valence-corrected chi connectivity index (χ3v) is 9.05. The number of benzene rings is 1. The summed E-state index contributed by atoms with van der Waals surface area (Å²) in [4.78, 5) is 68.7. The Labute approximate surface area is 290 Å². The van der Waals surface area contributed by atoms with E-state index in [2.05, 4.69) is 20.9 Å². The van der Waals surface area contributed by atoms with E-state index >= 15 is 0 Å². The molecule has 3 aliphatic rings. The summed E-state index contributed by atoms with van der Waals surface area (Å²) in [6.45, 7) is 5.18. The minimum absolute atomic E-state index is 0.0202. The van der Waals surface area contributed by atoms with Gasteiger partial charge in [-0.3, -0.25) is 14.6 Å². The van der Waals surface area contributed by atoms with Gasteiger partial charge in [-0.05, 0) is 70.7 Å². The Morgan fingerprint density at radius 1 is 1.06 bits per heavy atom. The predicted molar refractivity (Wildman–Crippen MR) is 184 cm³/mol. The van der Waals surface area contributed by atoms with Crippen LogP contribution in [0, 0.1) is 5.92 Å². The van der Waals surface area contributed by atoms with Gasteiger partial charge in [0.25, 0.3) is 5.88 Å². The molecule has 2 aliphatic heterocycles. The highest BCUT2D eigenvalue weighted by Crippen LogP contribution is 2.45. The van der Waals surface area contributed by atoms with E-state index in [1.807, 2.05) is 36.4 Å². The summed E-state index contributed by atoms with van der Waals surface area (Å²) in [7, 11) is 0. The van der Waals surface area contributed by atoms with Gasteiger partial charge in [-0.15, -0.1) is 0 Å². The first-order chi connectivity index (χ1) is 23.9. The number of allylic oxidation sites excluding steroid dienone is 1. The van der Waals surface area contributed by atoms with Gasteiger partial charge in [-0.25, -0.2) is 19.6 Å². The Hall–Kier alpha value is -5.27. The average Bonchev–Trinajstić information content (AvgIpc) is 3.60. The first-order valence-corrected chi connectivity index (χ1v) is 17.0. The van der Waals surface area contributed by atoms with Crippen LogP contribution in [0.3, 0.4) is 0 Å². The van der Waals surface area contributed by atoms with Crippen molar-refractivity contribution < 1.29 is 33.8 Å². The molecule has 264 valence electrons. The number of hydrogen-bond acceptors (Lipinski definition) is 10. The average molecular weight is 686 g/mol. The fourth-order valence-corrected chi connectivity index (χ4v) is 6.48. The van der Waals surface area contributed by atoms with E-state index in [0.717, 1.165) is 19.3 Å². The molecule has 6 rings (SSSR count). The number of ether oxygens (including phenoxy) is 2. The van der Waals surface area contributed by atoms with E-state index < -0.39 is 53.2 Å². The van der Waals surface area contributed by atoms with Crippen LogP contribution in [0.2, 0.25) is 0 Å². The summed E-state index contributed by atoms with van der Waals surface area (Å²) in [6.07, 6.45) is 9.26. The van der Waals surface area contributed by atoms with Crippen molar-refractivity contribution in [2.75, 3.05) is 11.9 Å². The summed E-state index contributed by atoms with van der Waals surface area (Å²) in [6, 6.07) is 8.85. The first kappa shape index (κ1) is 34.6. The monoisotopic (exact) mass is 685 g/mol. The van der Waals surface area contributed by atoms with Gasteiger partial charge in [0.1, 0.15) is 29.3 Å². The van der Waals surface area contributed by atoms with E-state index in [4.69, 9.17) is 19.4 Å². The zero-order valence-electron chi connectivity index (χ0n) is 28.4. The Morgan fingerprint density at radius 2 is 1.84 bits per heavy atom. The summed E-state index contributed by atoms with van der Waals surface area (Å²) >= 11 is 0. The maximum atomic E-state index is 14.3. The number of alkyl carbamates (subject to hydrolysis) is 1. The molecule has 2 aromatic heterocycles. The SMILES string of the molecule is CC(C)(C)OC(=O)N[C@@H]1CCCCC/C=C\C2CC2(C(=O)O)NC(=O)C2C[C@@H](Oc3nc4ccccc4nc3Nc3cccnc3)CN2C1=O. The number of carboxylic acid groups (broad SMARTS) is 1. The number of nitrogens with zero attached hydrogens (tertiary/aromatic N) is 4. The number of carboxylic acids is 1. The van der Waals surface area contributed by atoms with Gasteiger partial charge < -0.3 is 35.4 Å². The van der Waals surface area contributed by atoms with Crippen molar-refractivity contribution in [1.29, 1.82) is 0 Å². The van der Waals surface area contributed by atoms with Gasteiger partial charge in [-0.2, -0.15) is 0 Å². The van der Waals surface area contributed by atoms with Gasteiger partial charge in [0.05, 0.1) is 29.5 Å². The first-order valence-electron chi connectivity index (χ1n) is 17.0. The number of pyridine rings is 1. The minimum atomic E-state index is -1.46. The van der Waals surface area contributed by atoms with Crippen LogP contribution < -0.4 is 20.7 Å². The third-order valence-electron chi connectivity index (χ3n) is 9.05. The number of carbonyl (C=O) groups is 4. The van der Waals surface area contributed by atoms with Crippen LogP contribution >= 0.6 is 0 Å². The molecule has 1 saturated heterocycles. The van der Waals surface area contributed by atoms with Crippen LogP contribution in [0.15, 0.2) is 60.9 Å². The molecular formula is C36H43N7O7. The van der Waals surface area contributed by atoms with E-state index in [0.29, 0.717) is 35.4 Å². The third kappa shape index (κ3) is 7.95. The van der Waals surface area contributed by atoms with Gasteiger partial charge in [0, 0.05) is 18.5 Å². The molecule has 5 atom stereocenters. The normalized spacial score (nSPS) is 26.3. The number of carbonyl (C=O) groups excluding carboxylic acids is 3. The standard InChI is InChI=1S/C36H43N7O7/c1-35(2,3)50-34(48)41-27-16-8-6-4-5-7-12-22-19-36(22,33(46)47)42-30(44)28-18-24(21-43(28)32(27)45)49-31-29(38-23-13-11-17-37-20-23)39-25-14-9-10-15-26(25)40-31/h7,9-15,17,20,22,24,27-28H,4-6,8,16,18-19,21H2,1-3H3,(H,38,39)(H,41,48)(H,42,44)(H,46,47)/b12-7-/t22?,24-,27-,28?,36?/m1/s1. The fourth-order valence-electron chi connectivity index (χ4n) is 6.48. The molecule has 0 bridgehead atoms. The molecule has 14 heteroatoms. The Bertz CT molecular complexity index is 1780. The highest BCUT2D eigenvalue weighted by atomic mass is 16.6. The summed E-state index contributed by atoms with van der Waals surface area (Å²) < 4.78 is 11.9. The van der Waals surface area contributed by atoms with E-state index in [1.165, 1.54) is 4.90 Å². The maximum Gasteiger partial charge on any atom is 0.408 e. The Balaban J connectivity index is 1.32. The number of aromatic nitrogens is 3. The van der Waals surface area contributed by atoms with Crippen LogP contribution in [0.4, 0.5) is 16.3 Å². The molecule has 3 amide bonds. The molecule has 4 N–H and O–H groups in total. The zero-order chi connectivity index (χ0) is 35.5. The number of amides is 3. The van der Waals surface area contributed by atoms with Crippen LogP contribution in [0.1, 0.15) is 65.7 Å². The molecule has 2 fully saturated rings. The van der Waals surface area contributed by atoms with E-state index in [-0.39, 0.29) is 31.2 Å². The molecule has 3 aromatic rings. The molecule has 1 saturated carbocycles. The lowest BCUT2D eigenvalue weighted by Gasteiger charge is -2.30. The number of nitrogens with one attached hydrogen (secondary N) is 3. The van der Waals surface area contributed by atoms with Gasteiger partial charge in [0.15, 0.2) is 5.82 Å². The van der Waals surface area contributed by atoms with Crippen molar-refractivity contribution in [1.82, 2.24) is 30.5 Å². The van der Waals surface area contributed by atoms with Crippen molar-refractivity contribution in [3.63, 3.8) is 0 Å². The number of hydrogen-bond donors (Lipinski definition) is 4. The molecule has 0 spiro atoms. The number of fused-ring (bicyclic) bond motifs is 3. The lowest BCUT2D eigenvalue weighted by molar-refractivity contribution is -0.145. The van der Waals surface area contributed by atoms with Crippen LogP contribution in [0.25, 0.3) is 11.0 Å². The number of para-hydroxylation sites is 2. The molecule has 4 heterocycles. The second-order valence-electron chi connectivity index (χ2n) is 14.1. The maximum absolute atomic E-state index is 14.3. The quantitative estimate of drug-likeness (QED) is 0.268. The number of aliphatic carboxylic acids is 1. The van der Waals surface area contributed by atoms with Crippen molar-refractivity contribution in [3.05, 3.63) is 60.9 Å². The largest absolute Gasteiger partial charge is 0.479 e. The molecule has 14 nitrogen and oxygen atoms in total. The molecule has 0 radical (unpaired) electrons. The smallest absolute Gasteiger partial charge is 0.408 e. The van der Waals surface area contributed by atoms with Gasteiger partial charge in [0.2, 0.25) is 11.8 Å². The van der Waals surface area contributed by atoms with Crippen molar-refractivity contribution >= 4 is 46.4 Å². The molecule has 50 heavy (non-hydrogen) atoms. The fraction of sp³-hybridized carbons (Fsp3) is 0.472. The Morgan fingerprint density at radius 3 is 2.56 bits per heavy atom. The summed E-state index contributed by atoms with van der Waals surface area (Å²) in [5.41, 5.74) is -0.386. The molecule has 1 aliphatic carbocycles. The van der Waals surface area contributed by atoms with Crippen LogP contribution in [0.5, 0.6) is 5.88 Å². The van der Waals surface area contributed by atoms with E-state index in [9.17, 15) is 24.3 Å². The van der Waals surface area contributed by atoms with Crippen molar-refractivity contribution in [3.8, 4) is 5.88 Å². The summed E-state index contributed by atoms with van der Waals surface area (Å²) in [5.74, 6) is -2.10. The second kappa shape index (κ2) is 14.3. The lowest BCUT2D eigenvalue weighted by atomic mass is 10.0. The topological polar surface area (TPSA) is 185 Å². The number of anilines is 2. The number of rotatable bonds is 6. The molecule has 3 unspecified atom stereocenters. The summed E-state index contributed by atoms with van der Waals surface area (Å²) in [5, 5.41) is 18.9. The minimum Gasteiger partial charge on any atom is -0.479 e. The highest BCUT2D eigenvalue weighted by Gasteiger charge is 2.61.